The van der Waals surface area contributed by atoms with Crippen LogP contribution in [0.2, 0.25) is 0 Å². The van der Waals surface area contributed by atoms with Gasteiger partial charge in [0.1, 0.15) is 0 Å². The van der Waals surface area contributed by atoms with Gasteiger partial charge in [-0.1, -0.05) is 0 Å². The fourth-order valence-corrected chi connectivity index (χ4v) is 3.46. The van der Waals surface area contributed by atoms with Crippen molar-refractivity contribution >= 4 is 41.2 Å². The molecule has 2 N–H and O–H groups in total. The van der Waals surface area contributed by atoms with Crippen LogP contribution in [0.4, 0.5) is 0 Å². The third-order valence-corrected chi connectivity index (χ3v) is 4.86. The smallest absolute Gasteiger partial charge is 0.248 e. The molecule has 3 rings (SSSR count). The van der Waals surface area contributed by atoms with Gasteiger partial charge in [0, 0.05) is 11.1 Å². The van der Waals surface area contributed by atoms with Crippen molar-refractivity contribution in [3.05, 3.63) is 39.2 Å². The number of H-pyrrole nitrogens is 1. The Morgan fingerprint density at radius 2 is 2.48 bits per heavy atom. The Balaban J connectivity index is 1.60. The number of hydrogen-bond acceptors (Lipinski definition) is 7. The molecule has 0 spiro atoms. The van der Waals surface area contributed by atoms with E-state index in [9.17, 15) is 4.79 Å². The van der Waals surface area contributed by atoms with E-state index in [1.54, 1.807) is 23.5 Å². The highest BCUT2D eigenvalue weighted by Gasteiger charge is 2.13. The number of furan rings is 1. The maximum atomic E-state index is 12.1. The van der Waals surface area contributed by atoms with Crippen LogP contribution in [-0.4, -0.2) is 31.5 Å². The summed E-state index contributed by atoms with van der Waals surface area (Å²) in [6.07, 6.45) is 1.53. The number of aryl methyl sites for hydroxylation is 1. The van der Waals surface area contributed by atoms with Gasteiger partial charge in [0.15, 0.2) is 5.76 Å². The highest BCUT2D eigenvalue weighted by Crippen LogP contribution is 2.17. The monoisotopic (exact) mass is 367 g/mol. The molecular formula is C13H13N5O2S3. The van der Waals surface area contributed by atoms with Crippen LogP contribution in [0.25, 0.3) is 11.6 Å². The van der Waals surface area contributed by atoms with Gasteiger partial charge in [0.2, 0.25) is 16.5 Å². The van der Waals surface area contributed by atoms with Gasteiger partial charge in [-0.2, -0.15) is 0 Å². The van der Waals surface area contributed by atoms with E-state index >= 15 is 0 Å². The molecule has 0 saturated heterocycles. The van der Waals surface area contributed by atoms with E-state index in [-0.39, 0.29) is 5.91 Å². The van der Waals surface area contributed by atoms with Crippen molar-refractivity contribution in [1.82, 2.24) is 19.9 Å². The first-order valence-electron chi connectivity index (χ1n) is 6.63. The number of nitrogens with zero attached hydrogens (tertiary/aromatic N) is 3. The Bertz CT molecular complexity index is 849. The van der Waals surface area contributed by atoms with Gasteiger partial charge in [-0.3, -0.25) is 10.2 Å². The van der Waals surface area contributed by atoms with Crippen LogP contribution in [0.5, 0.6) is 0 Å². The molecule has 0 radical (unpaired) electrons. The third-order valence-electron chi connectivity index (χ3n) is 2.80. The van der Waals surface area contributed by atoms with E-state index in [1.807, 2.05) is 12.3 Å². The lowest BCUT2D eigenvalue weighted by atomic mass is 10.4. The van der Waals surface area contributed by atoms with Crippen LogP contribution >= 0.6 is 35.3 Å². The number of nitrogens with one attached hydrogen (secondary N) is 2. The normalized spacial score (nSPS) is 10.8. The second kappa shape index (κ2) is 7.11. The van der Waals surface area contributed by atoms with E-state index in [2.05, 4.69) is 20.6 Å². The molecule has 0 aliphatic carbocycles. The average molecular weight is 367 g/mol. The Labute approximate surface area is 145 Å². The number of hydrogen-bond donors (Lipinski definition) is 2. The second-order valence-corrected chi connectivity index (χ2v) is 6.99. The Morgan fingerprint density at radius 3 is 3.17 bits per heavy atom. The minimum atomic E-state index is -0.174. The molecular weight excluding hydrogens is 354 g/mol. The van der Waals surface area contributed by atoms with Crippen molar-refractivity contribution in [3.63, 3.8) is 0 Å². The van der Waals surface area contributed by atoms with Crippen LogP contribution < -0.4 is 5.43 Å². The summed E-state index contributed by atoms with van der Waals surface area (Å²) in [5, 5.41) is 9.73. The fraction of sp³-hybridized carbons (Fsp3) is 0.231. The average Bonchev–Trinajstić information content (AvgIpc) is 3.23. The van der Waals surface area contributed by atoms with Crippen molar-refractivity contribution < 1.29 is 9.21 Å². The van der Waals surface area contributed by atoms with Gasteiger partial charge in [-0.25, -0.2) is 14.8 Å². The van der Waals surface area contributed by atoms with Crippen LogP contribution in [-0.2, 0) is 10.5 Å². The molecule has 1 amide bonds. The molecule has 23 heavy (non-hydrogen) atoms. The molecule has 0 unspecified atom stereocenters. The zero-order valence-electron chi connectivity index (χ0n) is 12.1. The number of thioether (sulfide) groups is 1. The van der Waals surface area contributed by atoms with Crippen molar-refractivity contribution in [2.75, 3.05) is 11.2 Å². The maximum Gasteiger partial charge on any atom is 0.248 e. The van der Waals surface area contributed by atoms with E-state index < -0.39 is 0 Å². The maximum absolute atomic E-state index is 12.1. The predicted molar refractivity (Wildman–Crippen MR) is 92.5 cm³/mol. The van der Waals surface area contributed by atoms with Gasteiger partial charge in [0.05, 0.1) is 22.7 Å². The molecule has 0 saturated carbocycles. The Hall–Kier alpha value is -1.91. The topological polar surface area (TPSA) is 88.7 Å². The number of carbonyl (C=O) groups excluding carboxylic acids is 1. The largest absolute Gasteiger partial charge is 0.461 e. The summed E-state index contributed by atoms with van der Waals surface area (Å²) in [4.78, 5) is 16.5. The summed E-state index contributed by atoms with van der Waals surface area (Å²) in [6, 6.07) is 3.48. The number of amides is 1. The first-order chi connectivity index (χ1) is 11.1. The van der Waals surface area contributed by atoms with Gasteiger partial charge in [0.25, 0.3) is 0 Å². The molecule has 3 heterocycles. The minimum absolute atomic E-state index is 0.174. The summed E-state index contributed by atoms with van der Waals surface area (Å²) in [5.41, 5.74) is 3.71. The highest BCUT2D eigenvalue weighted by molar-refractivity contribution is 7.99. The summed E-state index contributed by atoms with van der Waals surface area (Å²) in [7, 11) is 0. The number of aromatic nitrogens is 4. The number of rotatable bonds is 6. The molecule has 10 heteroatoms. The number of aromatic amines is 1. The first kappa shape index (κ1) is 16.0. The molecule has 7 nitrogen and oxygen atoms in total. The predicted octanol–water partition coefficient (Wildman–Crippen LogP) is 2.97. The molecule has 0 aromatic carbocycles. The Morgan fingerprint density at radius 1 is 1.61 bits per heavy atom. The number of carbonyl (C=O) groups is 1. The standard InChI is InChI=1S/C13H13N5O2S3/c1-8-14-9(6-23-8)5-22-7-11(19)17-18-12(15-16-13(18)21)10-3-2-4-20-10/h2-4,6H,5,7H2,1H3,(H,16,21)(H,17,19). The molecule has 0 bridgehead atoms. The first-order valence-corrected chi connectivity index (χ1v) is 9.07. The molecule has 0 fully saturated rings. The lowest BCUT2D eigenvalue weighted by Crippen LogP contribution is -2.25. The fourth-order valence-electron chi connectivity index (χ4n) is 1.85. The SMILES string of the molecule is Cc1nc(CSCC(=O)Nn2c(-c3ccco3)n[nH]c2=S)cs1. The number of thiazole rings is 1. The van der Waals surface area contributed by atoms with Crippen molar-refractivity contribution in [1.29, 1.82) is 0 Å². The van der Waals surface area contributed by atoms with Crippen molar-refractivity contribution in [3.8, 4) is 11.6 Å². The summed E-state index contributed by atoms with van der Waals surface area (Å²) in [6.45, 7) is 1.96. The lowest BCUT2D eigenvalue weighted by molar-refractivity contribution is -0.114. The molecule has 0 aliphatic rings. The van der Waals surface area contributed by atoms with E-state index in [4.69, 9.17) is 16.6 Å². The lowest BCUT2D eigenvalue weighted by Gasteiger charge is -2.07. The van der Waals surface area contributed by atoms with Gasteiger partial charge in [-0.15, -0.1) is 28.2 Å². The molecule has 3 aromatic rings. The van der Waals surface area contributed by atoms with E-state index in [1.165, 1.54) is 22.7 Å². The van der Waals surface area contributed by atoms with Gasteiger partial charge >= 0.3 is 0 Å². The van der Waals surface area contributed by atoms with Crippen LogP contribution in [0.15, 0.2) is 28.2 Å². The summed E-state index contributed by atoms with van der Waals surface area (Å²) >= 11 is 8.22. The molecule has 0 aliphatic heterocycles. The third kappa shape index (κ3) is 3.89. The van der Waals surface area contributed by atoms with Crippen LogP contribution in [0.3, 0.4) is 0 Å². The quantitative estimate of drug-likeness (QED) is 0.651. The zero-order valence-corrected chi connectivity index (χ0v) is 14.6. The summed E-state index contributed by atoms with van der Waals surface area (Å²) < 4.78 is 6.99. The van der Waals surface area contributed by atoms with Crippen molar-refractivity contribution in [2.24, 2.45) is 0 Å². The van der Waals surface area contributed by atoms with E-state index in [0.29, 0.717) is 27.9 Å². The summed E-state index contributed by atoms with van der Waals surface area (Å²) in [5.74, 6) is 1.75. The second-order valence-electron chi connectivity index (χ2n) is 4.55. The van der Waals surface area contributed by atoms with E-state index in [0.717, 1.165) is 10.7 Å². The Kier molecular flexibility index (Phi) is 4.94. The van der Waals surface area contributed by atoms with Crippen molar-refractivity contribution in [2.45, 2.75) is 12.7 Å². The molecule has 120 valence electrons. The zero-order chi connectivity index (χ0) is 16.2. The molecule has 3 aromatic heterocycles. The van der Waals surface area contributed by atoms with Gasteiger partial charge < -0.3 is 4.42 Å². The van der Waals surface area contributed by atoms with Crippen LogP contribution in [0, 0.1) is 11.7 Å². The van der Waals surface area contributed by atoms with Crippen LogP contribution in [0.1, 0.15) is 10.7 Å². The highest BCUT2D eigenvalue weighted by atomic mass is 32.2. The minimum Gasteiger partial charge on any atom is -0.461 e. The molecule has 0 atom stereocenters. The van der Waals surface area contributed by atoms with Gasteiger partial charge in [-0.05, 0) is 31.3 Å².